The number of hydrogen-bond acceptors (Lipinski definition) is 3. The van der Waals surface area contributed by atoms with Crippen LogP contribution < -0.4 is 5.32 Å². The van der Waals surface area contributed by atoms with E-state index >= 15 is 0 Å². The summed E-state index contributed by atoms with van der Waals surface area (Å²) < 4.78 is 5.45. The lowest BCUT2D eigenvalue weighted by molar-refractivity contribution is -0.116. The van der Waals surface area contributed by atoms with E-state index in [4.69, 9.17) is 16.3 Å². The van der Waals surface area contributed by atoms with Gasteiger partial charge in [0.2, 0.25) is 0 Å². The smallest absolute Gasteiger partial charge is 0.256 e. The van der Waals surface area contributed by atoms with Crippen LogP contribution >= 0.6 is 11.6 Å². The lowest BCUT2D eigenvalue weighted by Gasteiger charge is -2.36. The van der Waals surface area contributed by atoms with Crippen molar-refractivity contribution < 1.29 is 14.6 Å². The van der Waals surface area contributed by atoms with Crippen LogP contribution in [-0.2, 0) is 9.53 Å². The first kappa shape index (κ1) is 20.0. The number of hydrogen-bond donors (Lipinski definition) is 2. The van der Waals surface area contributed by atoms with Gasteiger partial charge < -0.3 is 15.2 Å². The Morgan fingerprint density at radius 2 is 1.69 bits per heavy atom. The van der Waals surface area contributed by atoms with E-state index in [1.807, 2.05) is 37.3 Å². The van der Waals surface area contributed by atoms with Gasteiger partial charge in [-0.05, 0) is 85.5 Å². The number of nitrogens with one attached hydrogen (secondary N) is 1. The fourth-order valence-electron chi connectivity index (χ4n) is 4.68. The molecule has 5 heteroatoms. The predicted octanol–water partition coefficient (Wildman–Crippen LogP) is 5.35. The highest BCUT2D eigenvalue weighted by molar-refractivity contribution is 6.30. The van der Waals surface area contributed by atoms with E-state index in [2.05, 4.69) is 18.3 Å². The van der Waals surface area contributed by atoms with Gasteiger partial charge in [-0.3, -0.25) is 4.79 Å². The number of carbonyl (C=O) groups is 1. The Kier molecular flexibility index (Phi) is 5.18. The standard InChI is InChI=1S/C24H26ClNO3/c1-14-12-15(2)20(13-19(14)16-4-6-17(25)7-5-16)21-22(27)24(26-23(21)28)10-8-18(29-3)9-11-24/h4-7,12-13,18,27H,8-11H2,1-3H3,(H,26,28)/t18-,24+. The largest absolute Gasteiger partial charge is 0.509 e. The molecule has 2 aromatic rings. The second-order valence-corrected chi connectivity index (χ2v) is 8.62. The minimum Gasteiger partial charge on any atom is -0.509 e. The van der Waals surface area contributed by atoms with Crippen LogP contribution in [0.2, 0.25) is 5.02 Å². The van der Waals surface area contributed by atoms with Crippen molar-refractivity contribution in [1.82, 2.24) is 5.32 Å². The van der Waals surface area contributed by atoms with Crippen molar-refractivity contribution in [3.05, 3.63) is 63.9 Å². The highest BCUT2D eigenvalue weighted by Gasteiger charge is 2.48. The molecule has 4 rings (SSSR count). The minimum atomic E-state index is -0.667. The van der Waals surface area contributed by atoms with Crippen molar-refractivity contribution in [2.24, 2.45) is 0 Å². The molecule has 1 fully saturated rings. The molecule has 1 aliphatic heterocycles. The van der Waals surface area contributed by atoms with Crippen LogP contribution in [0.15, 0.2) is 42.2 Å². The monoisotopic (exact) mass is 411 g/mol. The van der Waals surface area contributed by atoms with Gasteiger partial charge in [0, 0.05) is 12.1 Å². The molecule has 0 bridgehead atoms. The Balaban J connectivity index is 1.78. The summed E-state index contributed by atoms with van der Waals surface area (Å²) >= 11 is 6.04. The maximum atomic E-state index is 13.0. The normalized spacial score (nSPS) is 24.3. The molecule has 1 heterocycles. The first-order valence-corrected chi connectivity index (χ1v) is 10.4. The number of rotatable bonds is 3. The second-order valence-electron chi connectivity index (χ2n) is 8.18. The quantitative estimate of drug-likeness (QED) is 0.715. The van der Waals surface area contributed by atoms with Crippen molar-refractivity contribution >= 4 is 23.1 Å². The molecule has 0 atom stereocenters. The maximum Gasteiger partial charge on any atom is 0.256 e. The molecule has 2 N–H and O–H groups in total. The fraction of sp³-hybridized carbons (Fsp3) is 0.375. The zero-order valence-corrected chi connectivity index (χ0v) is 17.8. The third-order valence-corrected chi connectivity index (χ3v) is 6.64. The van der Waals surface area contributed by atoms with E-state index in [0.717, 1.165) is 40.7 Å². The van der Waals surface area contributed by atoms with E-state index in [9.17, 15) is 9.90 Å². The van der Waals surface area contributed by atoms with E-state index < -0.39 is 5.54 Å². The number of benzene rings is 2. The van der Waals surface area contributed by atoms with Gasteiger partial charge in [0.15, 0.2) is 0 Å². The first-order chi connectivity index (χ1) is 13.8. The van der Waals surface area contributed by atoms with Gasteiger partial charge in [0.25, 0.3) is 5.91 Å². The molecule has 0 unspecified atom stereocenters. The number of ether oxygens (including phenoxy) is 1. The highest BCUT2D eigenvalue weighted by atomic mass is 35.5. The Morgan fingerprint density at radius 1 is 1.07 bits per heavy atom. The van der Waals surface area contributed by atoms with Gasteiger partial charge in [-0.1, -0.05) is 29.8 Å². The Hall–Kier alpha value is -2.30. The van der Waals surface area contributed by atoms with Crippen LogP contribution in [0, 0.1) is 13.8 Å². The van der Waals surface area contributed by atoms with Gasteiger partial charge in [-0.15, -0.1) is 0 Å². The van der Waals surface area contributed by atoms with Crippen molar-refractivity contribution in [1.29, 1.82) is 0 Å². The summed E-state index contributed by atoms with van der Waals surface area (Å²) in [7, 11) is 1.71. The van der Waals surface area contributed by atoms with Gasteiger partial charge >= 0.3 is 0 Å². The van der Waals surface area contributed by atoms with E-state index in [1.165, 1.54) is 0 Å². The molecule has 2 aliphatic rings. The summed E-state index contributed by atoms with van der Waals surface area (Å²) in [5.74, 6) is -0.0292. The van der Waals surface area contributed by atoms with Gasteiger partial charge in [0.1, 0.15) is 5.76 Å². The van der Waals surface area contributed by atoms with Crippen LogP contribution in [0.25, 0.3) is 16.7 Å². The lowest BCUT2D eigenvalue weighted by Crippen LogP contribution is -2.48. The lowest BCUT2D eigenvalue weighted by atomic mass is 9.79. The van der Waals surface area contributed by atoms with Crippen LogP contribution in [0.1, 0.15) is 42.4 Å². The number of carbonyl (C=O) groups excluding carboxylic acids is 1. The number of halogens is 1. The average molecular weight is 412 g/mol. The van der Waals surface area contributed by atoms with Crippen LogP contribution in [0.4, 0.5) is 0 Å². The Labute approximate surface area is 176 Å². The van der Waals surface area contributed by atoms with Crippen molar-refractivity contribution in [2.75, 3.05) is 7.11 Å². The molecule has 0 saturated heterocycles. The summed E-state index contributed by atoms with van der Waals surface area (Å²) in [5, 5.41) is 14.9. The molecular formula is C24H26ClNO3. The zero-order valence-electron chi connectivity index (χ0n) is 17.0. The van der Waals surface area contributed by atoms with Crippen molar-refractivity contribution in [3.63, 3.8) is 0 Å². The van der Waals surface area contributed by atoms with Gasteiger partial charge in [-0.2, -0.15) is 0 Å². The predicted molar refractivity (Wildman–Crippen MR) is 116 cm³/mol. The van der Waals surface area contributed by atoms with E-state index in [0.29, 0.717) is 23.4 Å². The van der Waals surface area contributed by atoms with Crippen LogP contribution in [0.3, 0.4) is 0 Å². The molecule has 152 valence electrons. The molecule has 1 amide bonds. The molecular weight excluding hydrogens is 386 g/mol. The molecule has 1 spiro atoms. The molecule has 0 aromatic heterocycles. The Bertz CT molecular complexity index is 986. The summed E-state index contributed by atoms with van der Waals surface area (Å²) in [6.45, 7) is 4.03. The van der Waals surface area contributed by atoms with E-state index in [-0.39, 0.29) is 17.8 Å². The van der Waals surface area contributed by atoms with E-state index in [1.54, 1.807) is 7.11 Å². The average Bonchev–Trinajstić information content (AvgIpc) is 2.93. The van der Waals surface area contributed by atoms with Crippen LogP contribution in [0.5, 0.6) is 0 Å². The molecule has 4 nitrogen and oxygen atoms in total. The third kappa shape index (κ3) is 3.45. The maximum absolute atomic E-state index is 13.0. The molecule has 0 radical (unpaired) electrons. The van der Waals surface area contributed by atoms with Gasteiger partial charge in [-0.25, -0.2) is 0 Å². The number of aryl methyl sites for hydroxylation is 2. The zero-order chi connectivity index (χ0) is 20.8. The Morgan fingerprint density at radius 3 is 2.31 bits per heavy atom. The summed E-state index contributed by atoms with van der Waals surface area (Å²) in [6.07, 6.45) is 3.18. The summed E-state index contributed by atoms with van der Waals surface area (Å²) in [4.78, 5) is 13.0. The van der Waals surface area contributed by atoms with Crippen molar-refractivity contribution in [2.45, 2.75) is 51.2 Å². The summed E-state index contributed by atoms with van der Waals surface area (Å²) in [6, 6.07) is 11.7. The third-order valence-electron chi connectivity index (χ3n) is 6.39. The molecule has 1 aliphatic carbocycles. The number of amides is 1. The van der Waals surface area contributed by atoms with Crippen LogP contribution in [-0.4, -0.2) is 29.8 Å². The SMILES string of the molecule is CO[C@H]1CC[C@]2(CC1)NC(=O)C(c1cc(-c3ccc(Cl)cc3)c(C)cc1C)=C2O. The fourth-order valence-corrected chi connectivity index (χ4v) is 4.81. The van der Waals surface area contributed by atoms with Crippen molar-refractivity contribution in [3.8, 4) is 11.1 Å². The first-order valence-electron chi connectivity index (χ1n) is 10.0. The molecule has 2 aromatic carbocycles. The van der Waals surface area contributed by atoms with Gasteiger partial charge in [0.05, 0.1) is 17.2 Å². The highest BCUT2D eigenvalue weighted by Crippen LogP contribution is 2.43. The number of aliphatic hydroxyl groups excluding tert-OH is 1. The minimum absolute atomic E-state index is 0.172. The molecule has 1 saturated carbocycles. The number of methoxy groups -OCH3 is 1. The number of aliphatic hydroxyl groups is 1. The summed E-state index contributed by atoms with van der Waals surface area (Å²) in [5.41, 5.74) is 4.65. The second kappa shape index (κ2) is 7.51. The molecule has 29 heavy (non-hydrogen) atoms. The topological polar surface area (TPSA) is 58.6 Å².